The van der Waals surface area contributed by atoms with Crippen molar-refractivity contribution in [2.24, 2.45) is 4.99 Å². The third-order valence-corrected chi connectivity index (χ3v) is 5.27. The van der Waals surface area contributed by atoms with Gasteiger partial charge in [-0.3, -0.25) is 4.99 Å². The fourth-order valence-corrected chi connectivity index (χ4v) is 3.77. The quantitative estimate of drug-likeness (QED) is 0.325. The number of amides is 1. The predicted octanol–water partition coefficient (Wildman–Crippen LogP) is 3.42. The molecular weight excluding hydrogens is 481 g/mol. The molecule has 3 N–H and O–H groups in total. The van der Waals surface area contributed by atoms with Crippen molar-refractivity contribution in [3.8, 4) is 0 Å². The van der Waals surface area contributed by atoms with E-state index >= 15 is 0 Å². The van der Waals surface area contributed by atoms with Gasteiger partial charge in [-0.1, -0.05) is 12.1 Å². The van der Waals surface area contributed by atoms with Crippen LogP contribution in [0.2, 0.25) is 0 Å². The molecule has 1 aromatic heterocycles. The number of benzene rings is 1. The number of carbonyl (C=O) groups excluding carboxylic acids is 1. The van der Waals surface area contributed by atoms with Gasteiger partial charge in [-0.2, -0.15) is 0 Å². The van der Waals surface area contributed by atoms with Crippen LogP contribution in [0.3, 0.4) is 0 Å². The molecule has 1 aliphatic rings. The van der Waals surface area contributed by atoms with Crippen LogP contribution in [0.4, 0.5) is 4.79 Å². The Kier molecular flexibility index (Phi) is 9.06. The maximum absolute atomic E-state index is 11.8. The van der Waals surface area contributed by atoms with Gasteiger partial charge >= 0.3 is 6.09 Å². The van der Waals surface area contributed by atoms with Gasteiger partial charge < -0.3 is 25.3 Å². The largest absolute Gasteiger partial charge is 0.450 e. The number of fused-ring (bicyclic) bond motifs is 1. The number of aryl methyl sites for hydroxylation is 1. The molecule has 2 aromatic rings. The van der Waals surface area contributed by atoms with E-state index in [2.05, 4.69) is 51.9 Å². The molecule has 1 fully saturated rings. The van der Waals surface area contributed by atoms with Crippen molar-refractivity contribution < 1.29 is 9.53 Å². The minimum absolute atomic E-state index is 0. The van der Waals surface area contributed by atoms with Gasteiger partial charge in [-0.25, -0.2) is 4.79 Å². The monoisotopic (exact) mass is 513 g/mol. The number of hydrogen-bond donors (Lipinski definition) is 3. The fourth-order valence-electron chi connectivity index (χ4n) is 3.77. The van der Waals surface area contributed by atoms with Crippen molar-refractivity contribution in [2.75, 3.05) is 33.3 Å². The summed E-state index contributed by atoms with van der Waals surface area (Å²) in [4.78, 5) is 21.3. The van der Waals surface area contributed by atoms with Gasteiger partial charge in [-0.05, 0) is 50.3 Å². The first-order chi connectivity index (χ1) is 13.6. The Bertz CT molecular complexity index is 828. The molecule has 0 bridgehead atoms. The van der Waals surface area contributed by atoms with Crippen molar-refractivity contribution in [3.63, 3.8) is 0 Å². The van der Waals surface area contributed by atoms with Gasteiger partial charge in [0.05, 0.1) is 6.61 Å². The molecule has 0 spiro atoms. The number of aromatic nitrogens is 1. The molecule has 0 saturated carbocycles. The zero-order valence-corrected chi connectivity index (χ0v) is 19.8. The van der Waals surface area contributed by atoms with Gasteiger partial charge in [0.1, 0.15) is 0 Å². The number of carbonyl (C=O) groups is 1. The van der Waals surface area contributed by atoms with Crippen LogP contribution in [-0.4, -0.2) is 61.3 Å². The maximum atomic E-state index is 11.8. The van der Waals surface area contributed by atoms with Crippen LogP contribution >= 0.6 is 24.0 Å². The number of aromatic amines is 1. The van der Waals surface area contributed by atoms with E-state index in [9.17, 15) is 4.79 Å². The number of halogens is 1. The number of nitrogens with one attached hydrogen (secondary N) is 3. The van der Waals surface area contributed by atoms with Crippen molar-refractivity contribution in [3.05, 3.63) is 35.5 Å². The number of likely N-dealkylation sites (tertiary alicyclic amines) is 1. The summed E-state index contributed by atoms with van der Waals surface area (Å²) in [6, 6.07) is 6.65. The number of guanidine groups is 1. The lowest BCUT2D eigenvalue weighted by molar-refractivity contribution is 0.0963. The van der Waals surface area contributed by atoms with Crippen LogP contribution in [0.15, 0.2) is 29.4 Å². The van der Waals surface area contributed by atoms with Crippen LogP contribution in [0.25, 0.3) is 10.9 Å². The van der Waals surface area contributed by atoms with Crippen LogP contribution in [-0.2, 0) is 11.2 Å². The molecule has 1 aliphatic heterocycles. The highest BCUT2D eigenvalue weighted by Crippen LogP contribution is 2.22. The van der Waals surface area contributed by atoms with Crippen molar-refractivity contribution >= 4 is 46.9 Å². The summed E-state index contributed by atoms with van der Waals surface area (Å²) in [6.45, 7) is 6.63. The molecule has 0 radical (unpaired) electrons. The third-order valence-electron chi connectivity index (χ3n) is 5.27. The van der Waals surface area contributed by atoms with E-state index in [1.165, 1.54) is 22.0 Å². The second kappa shape index (κ2) is 11.3. The molecule has 29 heavy (non-hydrogen) atoms. The minimum atomic E-state index is -0.211. The zero-order chi connectivity index (χ0) is 19.9. The lowest BCUT2D eigenvalue weighted by Crippen LogP contribution is -2.50. The normalized spacial score (nSPS) is 15.1. The molecule has 1 aromatic carbocycles. The van der Waals surface area contributed by atoms with E-state index in [1.807, 2.05) is 6.92 Å². The van der Waals surface area contributed by atoms with Gasteiger partial charge in [-0.15, -0.1) is 24.0 Å². The van der Waals surface area contributed by atoms with Gasteiger partial charge in [0.15, 0.2) is 5.96 Å². The molecule has 0 aliphatic carbocycles. The highest BCUT2D eigenvalue weighted by atomic mass is 127. The Labute approximate surface area is 189 Å². The molecule has 7 nitrogen and oxygen atoms in total. The highest BCUT2D eigenvalue weighted by molar-refractivity contribution is 14.0. The average molecular weight is 513 g/mol. The highest BCUT2D eigenvalue weighted by Gasteiger charge is 2.24. The smallest absolute Gasteiger partial charge is 0.409 e. The van der Waals surface area contributed by atoms with Crippen molar-refractivity contribution in [2.45, 2.75) is 39.2 Å². The van der Waals surface area contributed by atoms with Crippen molar-refractivity contribution in [1.29, 1.82) is 0 Å². The minimum Gasteiger partial charge on any atom is -0.450 e. The molecule has 1 saturated heterocycles. The number of hydrogen-bond acceptors (Lipinski definition) is 3. The maximum Gasteiger partial charge on any atom is 0.409 e. The number of aliphatic imine (C=N–C) groups is 1. The summed E-state index contributed by atoms with van der Waals surface area (Å²) in [5, 5.41) is 8.21. The summed E-state index contributed by atoms with van der Waals surface area (Å²) in [6.07, 6.45) is 4.59. The van der Waals surface area contributed by atoms with Crippen LogP contribution in [0, 0.1) is 6.92 Å². The molecule has 8 heteroatoms. The van der Waals surface area contributed by atoms with E-state index in [4.69, 9.17) is 4.74 Å². The van der Waals surface area contributed by atoms with E-state index in [0.717, 1.165) is 31.8 Å². The molecule has 3 rings (SSSR count). The second-order valence-corrected chi connectivity index (χ2v) is 7.16. The number of piperidine rings is 1. The SMILES string of the molecule is CCOC(=O)N1CCC(NC(=NC)NCCc2c[nH]c3cccc(C)c23)CC1.I. The van der Waals surface area contributed by atoms with E-state index in [0.29, 0.717) is 25.7 Å². The Morgan fingerprint density at radius 1 is 1.34 bits per heavy atom. The molecule has 2 heterocycles. The topological polar surface area (TPSA) is 81.8 Å². The zero-order valence-electron chi connectivity index (χ0n) is 17.5. The first-order valence-corrected chi connectivity index (χ1v) is 10.1. The number of nitrogens with zero attached hydrogens (tertiary/aromatic N) is 2. The Hall–Kier alpha value is -1.97. The third kappa shape index (κ3) is 6.01. The summed E-state index contributed by atoms with van der Waals surface area (Å²) < 4.78 is 5.07. The van der Waals surface area contributed by atoms with E-state index in [1.54, 1.807) is 11.9 Å². The molecule has 1 amide bonds. The lowest BCUT2D eigenvalue weighted by Gasteiger charge is -2.32. The first-order valence-electron chi connectivity index (χ1n) is 10.1. The molecule has 0 unspecified atom stereocenters. The van der Waals surface area contributed by atoms with E-state index in [-0.39, 0.29) is 30.1 Å². The number of H-pyrrole nitrogens is 1. The first kappa shape index (κ1) is 23.3. The summed E-state index contributed by atoms with van der Waals surface area (Å²) in [5.41, 5.74) is 3.80. The second-order valence-electron chi connectivity index (χ2n) is 7.16. The molecule has 160 valence electrons. The Morgan fingerprint density at radius 3 is 2.79 bits per heavy atom. The average Bonchev–Trinajstić information content (AvgIpc) is 3.12. The van der Waals surface area contributed by atoms with E-state index < -0.39 is 0 Å². The Balaban J connectivity index is 0.00000300. The lowest BCUT2D eigenvalue weighted by atomic mass is 10.1. The summed E-state index contributed by atoms with van der Waals surface area (Å²) in [5.74, 6) is 0.811. The number of ether oxygens (including phenoxy) is 1. The summed E-state index contributed by atoms with van der Waals surface area (Å²) in [7, 11) is 1.79. The number of rotatable bonds is 5. The van der Waals surface area contributed by atoms with Gasteiger partial charge in [0.2, 0.25) is 0 Å². The van der Waals surface area contributed by atoms with Crippen LogP contribution in [0.5, 0.6) is 0 Å². The van der Waals surface area contributed by atoms with Crippen LogP contribution < -0.4 is 10.6 Å². The van der Waals surface area contributed by atoms with Gasteiger partial charge in [0.25, 0.3) is 0 Å². The fraction of sp³-hybridized carbons (Fsp3) is 0.524. The van der Waals surface area contributed by atoms with Crippen LogP contribution in [0.1, 0.15) is 30.9 Å². The molecular formula is C21H32IN5O2. The summed E-state index contributed by atoms with van der Waals surface area (Å²) >= 11 is 0. The Morgan fingerprint density at radius 2 is 2.10 bits per heavy atom. The molecule has 0 atom stereocenters. The van der Waals surface area contributed by atoms with Gasteiger partial charge in [0, 0.05) is 49.8 Å². The predicted molar refractivity (Wildman–Crippen MR) is 128 cm³/mol. The van der Waals surface area contributed by atoms with Crippen molar-refractivity contribution in [1.82, 2.24) is 20.5 Å². The standard InChI is InChI=1S/C21H31N5O2.HI/c1-4-28-21(27)26-12-9-17(10-13-26)25-20(22-3)23-11-8-16-14-24-18-7-5-6-15(2)19(16)18;/h5-7,14,17,24H,4,8-13H2,1-3H3,(H2,22,23,25);1H.